The minimum absolute atomic E-state index is 0. The summed E-state index contributed by atoms with van der Waals surface area (Å²) in [6.45, 7) is 0.793. The Morgan fingerprint density at radius 1 is 1.03 bits per heavy atom. The summed E-state index contributed by atoms with van der Waals surface area (Å²) in [7, 11) is 0. The van der Waals surface area contributed by atoms with Crippen molar-refractivity contribution in [3.63, 3.8) is 0 Å². The number of hydrogen-bond acceptors (Lipinski definition) is 6. The van der Waals surface area contributed by atoms with Gasteiger partial charge < -0.3 is 9.88 Å². The number of nitrogens with zero attached hydrogens (tertiary/aromatic N) is 7. The topological polar surface area (TPSA) is 113 Å². The standard InChI is InChI=1S/C25H21N9O.H2S/c35-25-20-9-5-11-33(20)31-23(34(25)17-6-2-1-3-7-17)19-8-4-10-32(19)24-21-18(16-12-29-30-13-16)14-26-22(21)27-15-28-24;/h1-3,5-7,9,11-15,19H,4,8,10H2,(H,29,30)(H,26,27,28);1H2/t19-;/m0./s1. The normalized spacial score (nSPS) is 15.6. The molecule has 5 aromatic heterocycles. The Balaban J connectivity index is 0.00000240. The summed E-state index contributed by atoms with van der Waals surface area (Å²) in [5.74, 6) is 1.51. The number of anilines is 1. The van der Waals surface area contributed by atoms with Gasteiger partial charge in [0.15, 0.2) is 5.82 Å². The molecule has 0 saturated carbocycles. The van der Waals surface area contributed by atoms with Crippen molar-refractivity contribution in [1.29, 1.82) is 0 Å². The van der Waals surface area contributed by atoms with Crippen LogP contribution in [0.2, 0.25) is 0 Å². The smallest absolute Gasteiger partial charge is 0.282 e. The van der Waals surface area contributed by atoms with Crippen LogP contribution in [0.3, 0.4) is 0 Å². The molecule has 0 spiro atoms. The number of aromatic amines is 2. The van der Waals surface area contributed by atoms with E-state index in [1.54, 1.807) is 27.7 Å². The Morgan fingerprint density at radius 2 is 1.92 bits per heavy atom. The first-order valence-electron chi connectivity index (χ1n) is 11.5. The summed E-state index contributed by atoms with van der Waals surface area (Å²) in [6, 6.07) is 13.2. The highest BCUT2D eigenvalue weighted by Gasteiger charge is 2.34. The molecule has 1 aromatic carbocycles. The Bertz CT molecular complexity index is 1720. The van der Waals surface area contributed by atoms with Crippen LogP contribution >= 0.6 is 13.5 Å². The number of rotatable bonds is 4. The summed E-state index contributed by atoms with van der Waals surface area (Å²) < 4.78 is 3.42. The third-order valence-electron chi connectivity index (χ3n) is 6.69. The maximum absolute atomic E-state index is 13.6. The largest absolute Gasteiger partial charge is 0.346 e. The van der Waals surface area contributed by atoms with Crippen LogP contribution in [0.15, 0.2) is 78.4 Å². The van der Waals surface area contributed by atoms with Gasteiger partial charge in [-0.3, -0.25) is 14.5 Å². The lowest BCUT2D eigenvalue weighted by Gasteiger charge is -2.28. The monoisotopic (exact) mass is 497 g/mol. The van der Waals surface area contributed by atoms with E-state index in [9.17, 15) is 4.79 Å². The third kappa shape index (κ3) is 3.31. The fraction of sp³-hybridized carbons (Fsp3) is 0.160. The molecule has 0 unspecified atom stereocenters. The first-order valence-corrected chi connectivity index (χ1v) is 11.5. The minimum atomic E-state index is -0.139. The number of fused-ring (bicyclic) bond motifs is 2. The highest BCUT2D eigenvalue weighted by Crippen LogP contribution is 2.40. The fourth-order valence-corrected chi connectivity index (χ4v) is 5.12. The lowest BCUT2D eigenvalue weighted by molar-refractivity contribution is 0.602. The number of para-hydroxylation sites is 1. The van der Waals surface area contributed by atoms with Gasteiger partial charge in [-0.25, -0.2) is 14.5 Å². The molecule has 7 rings (SSSR count). The molecule has 6 heterocycles. The van der Waals surface area contributed by atoms with Crippen LogP contribution in [-0.2, 0) is 0 Å². The average Bonchev–Trinajstić information content (AvgIpc) is 3.69. The number of nitrogens with one attached hydrogen (secondary N) is 2. The summed E-state index contributed by atoms with van der Waals surface area (Å²) in [6.07, 6.45) is 10.8. The van der Waals surface area contributed by atoms with Crippen molar-refractivity contribution in [2.24, 2.45) is 0 Å². The lowest BCUT2D eigenvalue weighted by Crippen LogP contribution is -2.33. The van der Waals surface area contributed by atoms with Gasteiger partial charge in [-0.05, 0) is 37.1 Å². The summed E-state index contributed by atoms with van der Waals surface area (Å²) >= 11 is 0. The quantitative estimate of drug-likeness (QED) is 0.385. The van der Waals surface area contributed by atoms with Gasteiger partial charge in [0.25, 0.3) is 5.56 Å². The summed E-state index contributed by atoms with van der Waals surface area (Å²) in [5.41, 5.74) is 3.93. The zero-order valence-corrected chi connectivity index (χ0v) is 20.2. The van der Waals surface area contributed by atoms with Crippen LogP contribution in [0, 0.1) is 0 Å². The van der Waals surface area contributed by atoms with E-state index in [1.807, 2.05) is 55.0 Å². The molecular formula is C25H23N9OS. The molecule has 0 aliphatic carbocycles. The molecule has 10 nitrogen and oxygen atoms in total. The van der Waals surface area contributed by atoms with Gasteiger partial charge >= 0.3 is 0 Å². The SMILES string of the molecule is O=c1c2cccn2nc([C@@H]2CCCN2c2ncnc3[nH]cc(-c4cn[nH]c4)c23)n1-c1ccccc1.S. The first-order chi connectivity index (χ1) is 17.3. The van der Waals surface area contributed by atoms with E-state index < -0.39 is 0 Å². The van der Waals surface area contributed by atoms with Gasteiger partial charge in [-0.2, -0.15) is 23.7 Å². The maximum atomic E-state index is 13.6. The van der Waals surface area contributed by atoms with Crippen LogP contribution in [-0.4, -0.2) is 45.9 Å². The molecule has 2 N–H and O–H groups in total. The molecule has 1 atom stereocenters. The number of H-pyrrole nitrogens is 2. The second kappa shape index (κ2) is 8.68. The van der Waals surface area contributed by atoms with Crippen molar-refractivity contribution >= 4 is 35.9 Å². The van der Waals surface area contributed by atoms with Crippen molar-refractivity contribution in [3.8, 4) is 16.8 Å². The maximum Gasteiger partial charge on any atom is 0.282 e. The molecule has 1 saturated heterocycles. The minimum Gasteiger partial charge on any atom is -0.346 e. The van der Waals surface area contributed by atoms with Crippen molar-refractivity contribution < 1.29 is 0 Å². The molecule has 1 aliphatic rings. The number of benzene rings is 1. The van der Waals surface area contributed by atoms with E-state index in [4.69, 9.17) is 10.1 Å². The zero-order valence-electron chi connectivity index (χ0n) is 19.2. The van der Waals surface area contributed by atoms with E-state index >= 15 is 0 Å². The zero-order chi connectivity index (χ0) is 23.4. The predicted octanol–water partition coefficient (Wildman–Crippen LogP) is 3.60. The molecule has 36 heavy (non-hydrogen) atoms. The highest BCUT2D eigenvalue weighted by atomic mass is 32.1. The molecule has 0 bridgehead atoms. The molecule has 1 aliphatic heterocycles. The van der Waals surface area contributed by atoms with E-state index in [2.05, 4.69) is 25.1 Å². The third-order valence-corrected chi connectivity index (χ3v) is 6.69. The van der Waals surface area contributed by atoms with Gasteiger partial charge in [0.2, 0.25) is 0 Å². The Hall–Kier alpha value is -4.38. The van der Waals surface area contributed by atoms with Crippen LogP contribution in [0.1, 0.15) is 24.7 Å². The molecule has 11 heteroatoms. The van der Waals surface area contributed by atoms with E-state index in [1.165, 1.54) is 0 Å². The molecule has 1 fully saturated rings. The van der Waals surface area contributed by atoms with Crippen LogP contribution < -0.4 is 10.5 Å². The van der Waals surface area contributed by atoms with Gasteiger partial charge in [0, 0.05) is 36.3 Å². The molecular weight excluding hydrogens is 474 g/mol. The van der Waals surface area contributed by atoms with Crippen molar-refractivity contribution in [2.75, 3.05) is 11.4 Å². The average molecular weight is 498 g/mol. The first kappa shape index (κ1) is 22.1. The van der Waals surface area contributed by atoms with Crippen molar-refractivity contribution in [3.05, 3.63) is 89.8 Å². The van der Waals surface area contributed by atoms with Crippen LogP contribution in [0.5, 0.6) is 0 Å². The second-order valence-corrected chi connectivity index (χ2v) is 8.63. The molecule has 0 radical (unpaired) electrons. The van der Waals surface area contributed by atoms with Gasteiger partial charge in [-0.15, -0.1) is 0 Å². The summed E-state index contributed by atoms with van der Waals surface area (Å²) in [5, 5.41) is 12.9. The Kier molecular flexibility index (Phi) is 5.33. The van der Waals surface area contributed by atoms with Gasteiger partial charge in [0.1, 0.15) is 23.3 Å². The fourth-order valence-electron chi connectivity index (χ4n) is 5.12. The van der Waals surface area contributed by atoms with E-state index in [0.717, 1.165) is 53.1 Å². The number of aromatic nitrogens is 8. The van der Waals surface area contributed by atoms with Gasteiger partial charge in [-0.1, -0.05) is 18.2 Å². The van der Waals surface area contributed by atoms with E-state index in [-0.39, 0.29) is 25.1 Å². The van der Waals surface area contributed by atoms with Gasteiger partial charge in [0.05, 0.1) is 23.3 Å². The predicted molar refractivity (Wildman–Crippen MR) is 142 cm³/mol. The van der Waals surface area contributed by atoms with Crippen LogP contribution in [0.25, 0.3) is 33.4 Å². The van der Waals surface area contributed by atoms with Crippen LogP contribution in [0.4, 0.5) is 5.82 Å². The Morgan fingerprint density at radius 3 is 2.75 bits per heavy atom. The Labute approximate surface area is 212 Å². The molecule has 180 valence electrons. The van der Waals surface area contributed by atoms with Crippen molar-refractivity contribution in [1.82, 2.24) is 39.3 Å². The highest BCUT2D eigenvalue weighted by molar-refractivity contribution is 7.59. The lowest BCUT2D eigenvalue weighted by atomic mass is 10.1. The second-order valence-electron chi connectivity index (χ2n) is 8.63. The van der Waals surface area contributed by atoms with Crippen molar-refractivity contribution in [2.45, 2.75) is 18.9 Å². The van der Waals surface area contributed by atoms with E-state index in [0.29, 0.717) is 11.3 Å². The number of hydrogen-bond donors (Lipinski definition) is 2. The molecule has 0 amide bonds. The summed E-state index contributed by atoms with van der Waals surface area (Å²) in [4.78, 5) is 28.3. The molecule has 6 aromatic rings.